The number of sulfonamides is 1. The van der Waals surface area contributed by atoms with Gasteiger partial charge in [-0.3, -0.25) is 9.59 Å². The zero-order valence-electron chi connectivity index (χ0n) is 10.9. The Hall–Kier alpha value is -1.93. The summed E-state index contributed by atoms with van der Waals surface area (Å²) in [5.74, 6) is -1.31. The van der Waals surface area contributed by atoms with Crippen molar-refractivity contribution >= 4 is 27.6 Å². The maximum absolute atomic E-state index is 11.6. The number of aliphatic carboxylic acids is 1. The third kappa shape index (κ3) is 4.98. The third-order valence-electron chi connectivity index (χ3n) is 2.49. The largest absolute Gasteiger partial charge is 0.481 e. The van der Waals surface area contributed by atoms with Crippen LogP contribution >= 0.6 is 0 Å². The number of carbonyl (C=O) groups is 2. The predicted octanol–water partition coefficient (Wildman–Crippen LogP) is 0.788. The Balaban J connectivity index is 2.67. The minimum atomic E-state index is -3.56. The van der Waals surface area contributed by atoms with Crippen molar-refractivity contribution in [1.82, 2.24) is 4.72 Å². The number of rotatable bonds is 7. The van der Waals surface area contributed by atoms with Gasteiger partial charge >= 0.3 is 5.97 Å². The van der Waals surface area contributed by atoms with Gasteiger partial charge in [-0.2, -0.15) is 0 Å². The summed E-state index contributed by atoms with van der Waals surface area (Å²) in [6.45, 7) is 0. The van der Waals surface area contributed by atoms with Crippen LogP contribution in [0.5, 0.6) is 0 Å². The molecule has 0 aliphatic heterocycles. The normalized spacial score (nSPS) is 11.1. The van der Waals surface area contributed by atoms with Crippen LogP contribution in [-0.4, -0.2) is 32.4 Å². The molecule has 1 rings (SSSR count). The molecule has 3 N–H and O–H groups in total. The van der Waals surface area contributed by atoms with Gasteiger partial charge in [-0.05, 0) is 31.7 Å². The Bertz CT molecular complexity index is 598. The maximum atomic E-state index is 11.6. The van der Waals surface area contributed by atoms with Crippen LogP contribution in [0, 0.1) is 0 Å². The van der Waals surface area contributed by atoms with Crippen molar-refractivity contribution in [3.8, 4) is 0 Å². The van der Waals surface area contributed by atoms with Gasteiger partial charge in [0.2, 0.25) is 15.9 Å². The first-order valence-electron chi connectivity index (χ1n) is 5.90. The molecular weight excluding hydrogens is 284 g/mol. The van der Waals surface area contributed by atoms with Crippen molar-refractivity contribution in [3.63, 3.8) is 0 Å². The number of anilines is 1. The number of benzene rings is 1. The van der Waals surface area contributed by atoms with E-state index in [0.717, 1.165) is 0 Å². The van der Waals surface area contributed by atoms with Gasteiger partial charge in [0.25, 0.3) is 0 Å². The highest BCUT2D eigenvalue weighted by Crippen LogP contribution is 2.15. The van der Waals surface area contributed by atoms with E-state index in [1.807, 2.05) is 0 Å². The van der Waals surface area contributed by atoms with Crippen molar-refractivity contribution in [2.75, 3.05) is 12.4 Å². The molecule has 0 bridgehead atoms. The fraction of sp³-hybridized carbons (Fsp3) is 0.333. The molecule has 0 heterocycles. The molecule has 7 nitrogen and oxygen atoms in total. The van der Waals surface area contributed by atoms with E-state index < -0.39 is 16.0 Å². The third-order valence-corrected chi connectivity index (χ3v) is 3.90. The summed E-state index contributed by atoms with van der Waals surface area (Å²) < 4.78 is 25.4. The van der Waals surface area contributed by atoms with Crippen LogP contribution in [0.3, 0.4) is 0 Å². The SMILES string of the molecule is CNS(=O)(=O)c1cccc(NC(=O)CCCC(=O)O)c1. The van der Waals surface area contributed by atoms with Crippen LogP contribution in [0.25, 0.3) is 0 Å². The van der Waals surface area contributed by atoms with E-state index in [9.17, 15) is 18.0 Å². The van der Waals surface area contributed by atoms with E-state index in [-0.39, 0.29) is 30.1 Å². The molecule has 1 aromatic rings. The molecule has 0 unspecified atom stereocenters. The number of carboxylic acid groups (broad SMARTS) is 1. The van der Waals surface area contributed by atoms with Crippen LogP contribution in [0.4, 0.5) is 5.69 Å². The average molecular weight is 300 g/mol. The van der Waals surface area contributed by atoms with Crippen LogP contribution in [0.1, 0.15) is 19.3 Å². The quantitative estimate of drug-likeness (QED) is 0.689. The Morgan fingerprint density at radius 2 is 1.95 bits per heavy atom. The van der Waals surface area contributed by atoms with Crippen molar-refractivity contribution in [3.05, 3.63) is 24.3 Å². The topological polar surface area (TPSA) is 113 Å². The molecule has 1 amide bonds. The van der Waals surface area contributed by atoms with Gasteiger partial charge in [0.05, 0.1) is 4.90 Å². The molecule has 0 aliphatic carbocycles. The lowest BCUT2D eigenvalue weighted by molar-refractivity contribution is -0.137. The molecule has 0 fully saturated rings. The van der Waals surface area contributed by atoms with E-state index >= 15 is 0 Å². The average Bonchev–Trinajstić information content (AvgIpc) is 2.38. The monoisotopic (exact) mass is 300 g/mol. The number of hydrogen-bond acceptors (Lipinski definition) is 4. The highest BCUT2D eigenvalue weighted by Gasteiger charge is 2.12. The number of carbonyl (C=O) groups excluding carboxylic acids is 1. The summed E-state index contributed by atoms with van der Waals surface area (Å²) in [6.07, 6.45) is 0.215. The second kappa shape index (κ2) is 7.01. The Morgan fingerprint density at radius 3 is 2.55 bits per heavy atom. The molecule has 1 aromatic carbocycles. The predicted molar refractivity (Wildman–Crippen MR) is 72.8 cm³/mol. The van der Waals surface area contributed by atoms with Gasteiger partial charge in [-0.15, -0.1) is 0 Å². The Labute approximate surface area is 117 Å². The summed E-state index contributed by atoms with van der Waals surface area (Å²) in [5, 5.41) is 11.0. The van der Waals surface area contributed by atoms with Crippen molar-refractivity contribution < 1.29 is 23.1 Å². The van der Waals surface area contributed by atoms with Gasteiger partial charge in [0.1, 0.15) is 0 Å². The second-order valence-electron chi connectivity index (χ2n) is 4.03. The number of amides is 1. The molecule has 0 aromatic heterocycles. The standard InChI is InChI=1S/C12H16N2O5S/c1-13-20(18,19)10-5-2-4-9(8-10)14-11(15)6-3-7-12(16)17/h2,4-5,8,13H,3,6-7H2,1H3,(H,14,15)(H,16,17). The lowest BCUT2D eigenvalue weighted by Gasteiger charge is -2.07. The summed E-state index contributed by atoms with van der Waals surface area (Å²) >= 11 is 0. The van der Waals surface area contributed by atoms with E-state index in [1.54, 1.807) is 6.07 Å². The first-order chi connectivity index (χ1) is 9.35. The molecule has 0 saturated carbocycles. The van der Waals surface area contributed by atoms with Crippen molar-refractivity contribution in [1.29, 1.82) is 0 Å². The smallest absolute Gasteiger partial charge is 0.303 e. The Morgan fingerprint density at radius 1 is 1.25 bits per heavy atom. The zero-order chi connectivity index (χ0) is 15.2. The summed E-state index contributed by atoms with van der Waals surface area (Å²) in [4.78, 5) is 21.9. The van der Waals surface area contributed by atoms with Gasteiger partial charge in [-0.1, -0.05) is 6.07 Å². The molecule has 0 spiro atoms. The van der Waals surface area contributed by atoms with E-state index in [0.29, 0.717) is 5.69 Å². The Kier molecular flexibility index (Phi) is 5.66. The lowest BCUT2D eigenvalue weighted by atomic mass is 10.2. The molecule has 0 saturated heterocycles. The molecule has 0 aliphatic rings. The van der Waals surface area contributed by atoms with E-state index in [2.05, 4.69) is 10.0 Å². The number of hydrogen-bond donors (Lipinski definition) is 3. The molecule has 20 heavy (non-hydrogen) atoms. The van der Waals surface area contributed by atoms with Gasteiger partial charge in [0, 0.05) is 18.5 Å². The minimum absolute atomic E-state index is 0.0448. The minimum Gasteiger partial charge on any atom is -0.481 e. The fourth-order valence-electron chi connectivity index (χ4n) is 1.48. The first-order valence-corrected chi connectivity index (χ1v) is 7.39. The maximum Gasteiger partial charge on any atom is 0.303 e. The molecule has 110 valence electrons. The number of nitrogens with one attached hydrogen (secondary N) is 2. The van der Waals surface area contributed by atoms with Gasteiger partial charge < -0.3 is 10.4 Å². The van der Waals surface area contributed by atoms with Gasteiger partial charge in [0.15, 0.2) is 0 Å². The molecular formula is C12H16N2O5S. The fourth-order valence-corrected chi connectivity index (χ4v) is 2.26. The first kappa shape index (κ1) is 16.1. The molecule has 0 atom stereocenters. The van der Waals surface area contributed by atoms with Crippen LogP contribution < -0.4 is 10.0 Å². The second-order valence-corrected chi connectivity index (χ2v) is 5.92. The van der Waals surface area contributed by atoms with Gasteiger partial charge in [-0.25, -0.2) is 13.1 Å². The van der Waals surface area contributed by atoms with Crippen LogP contribution in [0.2, 0.25) is 0 Å². The van der Waals surface area contributed by atoms with E-state index in [4.69, 9.17) is 5.11 Å². The van der Waals surface area contributed by atoms with Crippen molar-refractivity contribution in [2.24, 2.45) is 0 Å². The highest BCUT2D eigenvalue weighted by atomic mass is 32.2. The summed E-state index contributed by atoms with van der Waals surface area (Å²) in [6, 6.07) is 5.81. The van der Waals surface area contributed by atoms with E-state index in [1.165, 1.54) is 25.2 Å². The summed E-state index contributed by atoms with van der Waals surface area (Å²) in [5.41, 5.74) is 0.349. The van der Waals surface area contributed by atoms with Crippen molar-refractivity contribution in [2.45, 2.75) is 24.2 Å². The highest BCUT2D eigenvalue weighted by molar-refractivity contribution is 7.89. The number of carboxylic acids is 1. The molecule has 0 radical (unpaired) electrons. The van der Waals surface area contributed by atoms with Crippen LogP contribution in [-0.2, 0) is 19.6 Å². The summed E-state index contributed by atoms with van der Waals surface area (Å²) in [7, 11) is -2.27. The van der Waals surface area contributed by atoms with Crippen LogP contribution in [0.15, 0.2) is 29.2 Å². The lowest BCUT2D eigenvalue weighted by Crippen LogP contribution is -2.19. The molecule has 8 heteroatoms. The zero-order valence-corrected chi connectivity index (χ0v) is 11.7.